The number of rotatable bonds is 6. The Morgan fingerprint density at radius 3 is 2.19 bits per heavy atom. The average Bonchev–Trinajstić information content (AvgIpc) is 3.54. The Morgan fingerprint density at radius 2 is 1.71 bits per heavy atom. The van der Waals surface area contributed by atoms with Gasteiger partial charge in [-0.05, 0) is 25.0 Å². The van der Waals surface area contributed by atoms with Gasteiger partial charge in [-0.3, -0.25) is 4.79 Å². The minimum absolute atomic E-state index is 0.00368. The Kier molecular flexibility index (Phi) is 8.37. The van der Waals surface area contributed by atoms with E-state index in [1.807, 2.05) is 0 Å². The lowest BCUT2D eigenvalue weighted by molar-refractivity contribution is -0.192. The molecule has 13 heteroatoms. The molecule has 0 bridgehead atoms. The first-order valence-electron chi connectivity index (χ1n) is 9.47. The van der Waals surface area contributed by atoms with E-state index in [1.165, 1.54) is 27.4 Å². The number of carbonyl (C=O) groups is 2. The van der Waals surface area contributed by atoms with Crippen molar-refractivity contribution in [2.75, 3.05) is 38.5 Å². The molecular weight excluding hydrogens is 446 g/mol. The predicted molar refractivity (Wildman–Crippen MR) is 102 cm³/mol. The number of nitrogens with one attached hydrogen (secondary N) is 1. The summed E-state index contributed by atoms with van der Waals surface area (Å²) >= 11 is 0. The number of carboxylic acid groups (broad SMARTS) is 1. The number of hydrogen-bond acceptors (Lipinski definition) is 5. The van der Waals surface area contributed by atoms with E-state index in [1.54, 1.807) is 6.07 Å². The number of halogens is 4. The molecule has 1 aromatic rings. The van der Waals surface area contributed by atoms with Crippen molar-refractivity contribution in [2.45, 2.75) is 25.1 Å². The molecule has 1 aromatic carbocycles. The molecule has 2 fully saturated rings. The van der Waals surface area contributed by atoms with Crippen LogP contribution in [0.25, 0.3) is 0 Å². The number of sulfonamides is 1. The molecule has 3 rings (SSSR count). The van der Waals surface area contributed by atoms with Crippen LogP contribution in [0.3, 0.4) is 0 Å². The molecule has 1 aliphatic carbocycles. The molecule has 2 N–H and O–H groups in total. The molecule has 8 nitrogen and oxygen atoms in total. The van der Waals surface area contributed by atoms with Gasteiger partial charge >= 0.3 is 12.1 Å². The second-order valence-electron chi connectivity index (χ2n) is 6.98. The number of benzene rings is 1. The predicted octanol–water partition coefficient (Wildman–Crippen LogP) is 1.30. The van der Waals surface area contributed by atoms with Crippen molar-refractivity contribution >= 4 is 21.9 Å². The first kappa shape index (κ1) is 25.0. The Balaban J connectivity index is 0.000000423. The van der Waals surface area contributed by atoms with E-state index in [-0.39, 0.29) is 23.9 Å². The summed E-state index contributed by atoms with van der Waals surface area (Å²) < 4.78 is 72.0. The van der Waals surface area contributed by atoms with Crippen LogP contribution in [-0.2, 0) is 14.8 Å². The molecule has 1 amide bonds. The third-order valence-corrected chi connectivity index (χ3v) is 6.51. The smallest absolute Gasteiger partial charge is 0.475 e. The normalized spacial score (nSPS) is 17.4. The lowest BCUT2D eigenvalue weighted by Gasteiger charge is -2.28. The summed E-state index contributed by atoms with van der Waals surface area (Å²) in [5.74, 6) is -3.87. The molecule has 0 unspecified atom stereocenters. The molecule has 1 saturated carbocycles. The fourth-order valence-electron chi connectivity index (χ4n) is 2.89. The number of carbonyl (C=O) groups excluding carboxylic acids is 1. The van der Waals surface area contributed by atoms with Crippen molar-refractivity contribution in [1.29, 1.82) is 0 Å². The van der Waals surface area contributed by atoms with E-state index in [0.717, 1.165) is 12.8 Å². The molecule has 31 heavy (non-hydrogen) atoms. The highest BCUT2D eigenvalue weighted by atomic mass is 32.2. The largest absolute Gasteiger partial charge is 0.490 e. The average molecular weight is 469 g/mol. The minimum Gasteiger partial charge on any atom is -0.475 e. The van der Waals surface area contributed by atoms with Crippen molar-refractivity contribution < 1.29 is 40.7 Å². The molecule has 174 valence electrons. The maximum atomic E-state index is 13.9. The fraction of sp³-hybridized carbons (Fsp3) is 0.556. The van der Waals surface area contributed by atoms with E-state index in [0.29, 0.717) is 26.2 Å². The molecule has 0 radical (unpaired) electrons. The zero-order valence-corrected chi connectivity index (χ0v) is 17.3. The number of aliphatic carboxylic acids is 1. The highest BCUT2D eigenvalue weighted by molar-refractivity contribution is 7.89. The standard InChI is InChI=1S/C16H22FN3O3S.C2HF3O2/c17-15-4-2-1-3-14(15)16(21)20(13-5-6-13)11-12-24(22,23)19-9-7-18-8-10-19;3-2(4,5)1(6)7/h1-4,13,18H,5-12H2;(H,6,7). The van der Waals surface area contributed by atoms with Crippen LogP contribution in [-0.4, -0.2) is 85.3 Å². The Bertz CT molecular complexity index is 884. The van der Waals surface area contributed by atoms with Crippen LogP contribution in [0.1, 0.15) is 23.2 Å². The Morgan fingerprint density at radius 1 is 1.16 bits per heavy atom. The number of alkyl halides is 3. The van der Waals surface area contributed by atoms with Gasteiger partial charge in [0.1, 0.15) is 5.82 Å². The van der Waals surface area contributed by atoms with E-state index >= 15 is 0 Å². The minimum atomic E-state index is -5.08. The van der Waals surface area contributed by atoms with Gasteiger partial charge in [-0.1, -0.05) is 12.1 Å². The summed E-state index contributed by atoms with van der Waals surface area (Å²) in [5.41, 5.74) is 0.00368. The zero-order valence-electron chi connectivity index (χ0n) is 16.4. The van der Waals surface area contributed by atoms with Gasteiger partial charge in [-0.15, -0.1) is 0 Å². The molecule has 0 atom stereocenters. The van der Waals surface area contributed by atoms with Crippen molar-refractivity contribution in [3.63, 3.8) is 0 Å². The van der Waals surface area contributed by atoms with Gasteiger partial charge in [-0.25, -0.2) is 17.6 Å². The number of hydrogen-bond donors (Lipinski definition) is 2. The molecule has 2 aliphatic rings. The number of carboxylic acids is 1. The van der Waals surface area contributed by atoms with E-state index in [9.17, 15) is 30.8 Å². The van der Waals surface area contributed by atoms with Gasteiger partial charge in [0.25, 0.3) is 5.91 Å². The van der Waals surface area contributed by atoms with E-state index in [4.69, 9.17) is 9.90 Å². The number of amides is 1. The third-order valence-electron chi connectivity index (χ3n) is 4.65. The second kappa shape index (κ2) is 10.4. The van der Waals surface area contributed by atoms with Crippen LogP contribution in [0.2, 0.25) is 0 Å². The van der Waals surface area contributed by atoms with Crippen molar-refractivity contribution in [3.05, 3.63) is 35.6 Å². The van der Waals surface area contributed by atoms with Crippen LogP contribution < -0.4 is 5.32 Å². The van der Waals surface area contributed by atoms with Gasteiger partial charge in [0.2, 0.25) is 10.0 Å². The summed E-state index contributed by atoms with van der Waals surface area (Å²) in [5, 5.41) is 10.2. The molecule has 1 heterocycles. The van der Waals surface area contributed by atoms with Gasteiger partial charge in [0.15, 0.2) is 0 Å². The van der Waals surface area contributed by atoms with Crippen LogP contribution >= 0.6 is 0 Å². The molecule has 0 spiro atoms. The maximum Gasteiger partial charge on any atom is 0.490 e. The first-order valence-corrected chi connectivity index (χ1v) is 11.1. The number of piperazine rings is 1. The van der Waals surface area contributed by atoms with Crippen molar-refractivity contribution in [2.24, 2.45) is 0 Å². The van der Waals surface area contributed by atoms with Crippen molar-refractivity contribution in [1.82, 2.24) is 14.5 Å². The summed E-state index contributed by atoms with van der Waals surface area (Å²) in [6.45, 7) is 2.28. The lowest BCUT2D eigenvalue weighted by atomic mass is 10.2. The lowest BCUT2D eigenvalue weighted by Crippen LogP contribution is -2.48. The zero-order chi connectivity index (χ0) is 23.2. The van der Waals surface area contributed by atoms with Gasteiger partial charge < -0.3 is 15.3 Å². The molecule has 1 aliphatic heterocycles. The van der Waals surface area contributed by atoms with E-state index in [2.05, 4.69) is 5.32 Å². The molecular formula is C18H23F4N3O5S. The summed E-state index contributed by atoms with van der Waals surface area (Å²) in [6, 6.07) is 5.85. The van der Waals surface area contributed by atoms with Crippen LogP contribution in [0, 0.1) is 5.82 Å². The highest BCUT2D eigenvalue weighted by Crippen LogP contribution is 2.28. The first-order chi connectivity index (χ1) is 14.4. The Labute approximate surface area is 176 Å². The topological polar surface area (TPSA) is 107 Å². The fourth-order valence-corrected chi connectivity index (χ4v) is 4.32. The van der Waals surface area contributed by atoms with Gasteiger partial charge in [0.05, 0.1) is 11.3 Å². The molecule has 0 aromatic heterocycles. The summed E-state index contributed by atoms with van der Waals surface area (Å²) in [6.07, 6.45) is -3.40. The summed E-state index contributed by atoms with van der Waals surface area (Å²) in [7, 11) is -3.40. The second-order valence-corrected chi connectivity index (χ2v) is 9.07. The molecule has 1 saturated heterocycles. The van der Waals surface area contributed by atoms with Gasteiger partial charge in [-0.2, -0.15) is 17.5 Å². The maximum absolute atomic E-state index is 13.9. The summed E-state index contributed by atoms with van der Waals surface area (Å²) in [4.78, 5) is 23.0. The van der Waals surface area contributed by atoms with E-state index < -0.39 is 33.9 Å². The number of nitrogens with zero attached hydrogens (tertiary/aromatic N) is 2. The monoisotopic (exact) mass is 469 g/mol. The quantitative estimate of drug-likeness (QED) is 0.609. The van der Waals surface area contributed by atoms with Crippen LogP contribution in [0.5, 0.6) is 0 Å². The van der Waals surface area contributed by atoms with Crippen molar-refractivity contribution in [3.8, 4) is 0 Å². The SMILES string of the molecule is O=C(O)C(F)(F)F.O=C(c1ccccc1F)N(CCS(=O)(=O)N1CCNCC1)C1CC1. The van der Waals surface area contributed by atoms with Crippen LogP contribution in [0.15, 0.2) is 24.3 Å². The third kappa shape index (κ3) is 7.43. The highest BCUT2D eigenvalue weighted by Gasteiger charge is 2.38. The van der Waals surface area contributed by atoms with Gasteiger partial charge in [0, 0.05) is 38.8 Å². The Hall–Kier alpha value is -2.25. The van der Waals surface area contributed by atoms with Crippen LogP contribution in [0.4, 0.5) is 17.6 Å².